The van der Waals surface area contributed by atoms with Crippen molar-refractivity contribution in [1.29, 1.82) is 0 Å². The quantitative estimate of drug-likeness (QED) is 0.747. The first-order chi connectivity index (χ1) is 13.1. The second-order valence-corrected chi connectivity index (χ2v) is 6.18. The van der Waals surface area contributed by atoms with Crippen LogP contribution in [0.4, 0.5) is 11.6 Å². The molecular weight excluding hydrogens is 350 g/mol. The van der Waals surface area contributed by atoms with Gasteiger partial charge < -0.3 is 23.9 Å². The molecular formula is C18H19N5O4. The van der Waals surface area contributed by atoms with Gasteiger partial charge in [0.1, 0.15) is 0 Å². The number of hydrogen-bond acceptors (Lipinski definition) is 8. The molecule has 0 saturated carbocycles. The zero-order chi connectivity index (χ0) is 18.8. The van der Waals surface area contributed by atoms with Crippen molar-refractivity contribution in [3.8, 4) is 11.5 Å². The number of morpholine rings is 1. The topological polar surface area (TPSA) is 107 Å². The molecule has 27 heavy (non-hydrogen) atoms. The van der Waals surface area contributed by atoms with Crippen molar-refractivity contribution in [3.63, 3.8) is 0 Å². The first-order valence-electron chi connectivity index (χ1n) is 8.61. The number of nitrogens with zero attached hydrogens (tertiary/aromatic N) is 4. The van der Waals surface area contributed by atoms with Gasteiger partial charge in [-0.05, 0) is 26.0 Å². The third-order valence-electron chi connectivity index (χ3n) is 4.30. The van der Waals surface area contributed by atoms with Crippen molar-refractivity contribution >= 4 is 17.5 Å². The van der Waals surface area contributed by atoms with Crippen LogP contribution in [0.25, 0.3) is 11.5 Å². The van der Waals surface area contributed by atoms with Crippen molar-refractivity contribution in [2.24, 2.45) is 0 Å². The maximum Gasteiger partial charge on any atom is 0.277 e. The van der Waals surface area contributed by atoms with E-state index >= 15 is 0 Å². The minimum atomic E-state index is -0.398. The lowest BCUT2D eigenvalue weighted by Gasteiger charge is -2.27. The molecule has 3 aromatic rings. The molecule has 1 aliphatic rings. The van der Waals surface area contributed by atoms with Crippen LogP contribution in [0.1, 0.15) is 21.9 Å². The fraction of sp³-hybridized carbons (Fsp3) is 0.333. The molecule has 0 bridgehead atoms. The molecule has 1 N–H and O–H groups in total. The number of rotatable bonds is 4. The molecule has 9 heteroatoms. The summed E-state index contributed by atoms with van der Waals surface area (Å²) in [5.41, 5.74) is 2.09. The summed E-state index contributed by atoms with van der Waals surface area (Å²) in [5, 5.41) is 6.63. The van der Waals surface area contributed by atoms with Crippen LogP contribution in [-0.4, -0.2) is 47.3 Å². The normalized spacial score (nSPS) is 14.4. The summed E-state index contributed by atoms with van der Waals surface area (Å²) in [6.07, 6.45) is 1.53. The molecule has 1 saturated heterocycles. The molecule has 0 aliphatic carbocycles. The Kier molecular flexibility index (Phi) is 4.59. The second kappa shape index (κ2) is 7.20. The summed E-state index contributed by atoms with van der Waals surface area (Å²) >= 11 is 0. The van der Waals surface area contributed by atoms with E-state index in [9.17, 15) is 4.79 Å². The van der Waals surface area contributed by atoms with Gasteiger partial charge in [0, 0.05) is 19.2 Å². The Balaban J connectivity index is 1.52. The van der Waals surface area contributed by atoms with Crippen molar-refractivity contribution in [3.05, 3.63) is 41.5 Å². The van der Waals surface area contributed by atoms with Crippen molar-refractivity contribution < 1.29 is 18.5 Å². The molecule has 140 valence electrons. The number of carbonyl (C=O) groups is 1. The van der Waals surface area contributed by atoms with E-state index < -0.39 is 5.91 Å². The maximum absolute atomic E-state index is 12.5. The Bertz CT molecular complexity index is 922. The van der Waals surface area contributed by atoms with Gasteiger partial charge in [-0.25, -0.2) is 9.97 Å². The van der Waals surface area contributed by atoms with Crippen LogP contribution in [-0.2, 0) is 4.74 Å². The highest BCUT2D eigenvalue weighted by Gasteiger charge is 2.20. The van der Waals surface area contributed by atoms with Crippen molar-refractivity contribution in [2.75, 3.05) is 36.5 Å². The number of aryl methyl sites for hydroxylation is 2. The summed E-state index contributed by atoms with van der Waals surface area (Å²) in [6, 6.07) is 4.99. The standard InChI is InChI=1S/C18H19N5O4/c1-11-16(12(2)20-18(19-11)23-5-8-25-9-6-23)21-17(24)13-10-15(27-22-13)14-4-3-7-26-14/h3-4,7,10H,5-6,8-9H2,1-2H3,(H,21,24). The predicted molar refractivity (Wildman–Crippen MR) is 96.7 cm³/mol. The van der Waals surface area contributed by atoms with Crippen molar-refractivity contribution in [1.82, 2.24) is 15.1 Å². The zero-order valence-corrected chi connectivity index (χ0v) is 15.1. The van der Waals surface area contributed by atoms with Gasteiger partial charge in [0.15, 0.2) is 11.5 Å². The van der Waals surface area contributed by atoms with E-state index in [2.05, 4.69) is 25.3 Å². The third kappa shape index (κ3) is 3.54. The largest absolute Gasteiger partial charge is 0.461 e. The van der Waals surface area contributed by atoms with Gasteiger partial charge in [0.05, 0.1) is 36.6 Å². The average Bonchev–Trinajstić information content (AvgIpc) is 3.36. The Morgan fingerprint density at radius 3 is 2.56 bits per heavy atom. The summed E-state index contributed by atoms with van der Waals surface area (Å²) in [5.74, 6) is 1.14. The van der Waals surface area contributed by atoms with Gasteiger partial charge >= 0.3 is 0 Å². The van der Waals surface area contributed by atoms with Crippen LogP contribution >= 0.6 is 0 Å². The molecule has 9 nitrogen and oxygen atoms in total. The van der Waals surface area contributed by atoms with Gasteiger partial charge in [-0.15, -0.1) is 0 Å². The van der Waals surface area contributed by atoms with Gasteiger partial charge in [0.2, 0.25) is 11.7 Å². The van der Waals surface area contributed by atoms with Gasteiger partial charge in [-0.3, -0.25) is 4.79 Å². The number of carbonyl (C=O) groups excluding carboxylic acids is 1. The molecule has 1 fully saturated rings. The summed E-state index contributed by atoms with van der Waals surface area (Å²) in [7, 11) is 0. The van der Waals surface area contributed by atoms with E-state index in [1.54, 1.807) is 12.1 Å². The lowest BCUT2D eigenvalue weighted by molar-refractivity contribution is 0.101. The van der Waals surface area contributed by atoms with Gasteiger partial charge in [-0.2, -0.15) is 0 Å². The smallest absolute Gasteiger partial charge is 0.277 e. The number of amides is 1. The average molecular weight is 369 g/mol. The van der Waals surface area contributed by atoms with Crippen molar-refractivity contribution in [2.45, 2.75) is 13.8 Å². The number of anilines is 2. The molecule has 0 spiro atoms. The molecule has 0 unspecified atom stereocenters. The predicted octanol–water partition coefficient (Wildman–Crippen LogP) is 2.43. The minimum Gasteiger partial charge on any atom is -0.461 e. The summed E-state index contributed by atoms with van der Waals surface area (Å²) < 4.78 is 15.8. The fourth-order valence-corrected chi connectivity index (χ4v) is 2.88. The first-order valence-corrected chi connectivity index (χ1v) is 8.61. The third-order valence-corrected chi connectivity index (χ3v) is 4.30. The highest BCUT2D eigenvalue weighted by atomic mass is 16.5. The van der Waals surface area contributed by atoms with Crippen LogP contribution in [0.3, 0.4) is 0 Å². The maximum atomic E-state index is 12.5. The van der Waals surface area contributed by atoms with Crippen LogP contribution in [0.15, 0.2) is 33.4 Å². The van der Waals surface area contributed by atoms with Crippen LogP contribution in [0, 0.1) is 13.8 Å². The number of furan rings is 1. The highest BCUT2D eigenvalue weighted by Crippen LogP contribution is 2.24. The van der Waals surface area contributed by atoms with E-state index in [1.807, 2.05) is 13.8 Å². The van der Waals surface area contributed by atoms with Crippen LogP contribution in [0.2, 0.25) is 0 Å². The Morgan fingerprint density at radius 1 is 1.15 bits per heavy atom. The summed E-state index contributed by atoms with van der Waals surface area (Å²) in [4.78, 5) is 23.7. The number of aromatic nitrogens is 3. The SMILES string of the molecule is Cc1nc(N2CCOCC2)nc(C)c1NC(=O)c1cc(-c2ccco2)on1. The number of nitrogens with one attached hydrogen (secondary N) is 1. The highest BCUT2D eigenvalue weighted by molar-refractivity contribution is 6.03. The fourth-order valence-electron chi connectivity index (χ4n) is 2.88. The monoisotopic (exact) mass is 369 g/mol. The van der Waals surface area contributed by atoms with E-state index in [1.165, 1.54) is 12.3 Å². The molecule has 3 aromatic heterocycles. The molecule has 4 heterocycles. The van der Waals surface area contributed by atoms with E-state index in [4.69, 9.17) is 13.7 Å². The molecule has 0 aromatic carbocycles. The number of ether oxygens (including phenoxy) is 1. The van der Waals surface area contributed by atoms with Gasteiger partial charge in [0.25, 0.3) is 5.91 Å². The minimum absolute atomic E-state index is 0.150. The Labute approximate surface area is 155 Å². The van der Waals surface area contributed by atoms with Crippen LogP contribution < -0.4 is 10.2 Å². The molecule has 4 rings (SSSR count). The van der Waals surface area contributed by atoms with E-state index in [0.717, 1.165) is 13.1 Å². The first kappa shape index (κ1) is 17.2. The molecule has 0 atom stereocenters. The summed E-state index contributed by atoms with van der Waals surface area (Å²) in [6.45, 7) is 6.49. The second-order valence-electron chi connectivity index (χ2n) is 6.18. The number of hydrogen-bond donors (Lipinski definition) is 1. The zero-order valence-electron chi connectivity index (χ0n) is 15.1. The lowest BCUT2D eigenvalue weighted by atomic mass is 10.2. The molecule has 1 amide bonds. The molecule has 1 aliphatic heterocycles. The van der Waals surface area contributed by atoms with E-state index in [-0.39, 0.29) is 5.69 Å². The van der Waals surface area contributed by atoms with Gasteiger partial charge in [-0.1, -0.05) is 5.16 Å². The molecule has 0 radical (unpaired) electrons. The van der Waals surface area contributed by atoms with E-state index in [0.29, 0.717) is 47.8 Å². The Hall–Kier alpha value is -3.20. The lowest BCUT2D eigenvalue weighted by Crippen LogP contribution is -2.37. The Morgan fingerprint density at radius 2 is 1.89 bits per heavy atom. The van der Waals surface area contributed by atoms with Crippen LogP contribution in [0.5, 0.6) is 0 Å².